The number of nitrogens with one attached hydrogen (secondary N) is 1. The van der Waals surface area contributed by atoms with Gasteiger partial charge in [0.2, 0.25) is 0 Å². The van der Waals surface area contributed by atoms with Crippen molar-refractivity contribution in [3.8, 4) is 11.5 Å². The normalized spacial score (nSPS) is 11.0. The van der Waals surface area contributed by atoms with Crippen LogP contribution < -0.4 is 14.2 Å². The minimum atomic E-state index is -3.85. The molecule has 8 nitrogen and oxygen atoms in total. The third-order valence-corrected chi connectivity index (χ3v) is 5.75. The van der Waals surface area contributed by atoms with Crippen LogP contribution in [0.25, 0.3) is 0 Å². The van der Waals surface area contributed by atoms with E-state index in [4.69, 9.17) is 13.9 Å². The summed E-state index contributed by atoms with van der Waals surface area (Å²) in [6.45, 7) is 0.333. The van der Waals surface area contributed by atoms with Gasteiger partial charge in [0, 0.05) is 24.4 Å². The number of furan rings is 1. The first kappa shape index (κ1) is 21.3. The van der Waals surface area contributed by atoms with Gasteiger partial charge in [0.15, 0.2) is 11.5 Å². The van der Waals surface area contributed by atoms with E-state index in [1.54, 1.807) is 37.6 Å². The van der Waals surface area contributed by atoms with Crippen LogP contribution in [-0.4, -0.2) is 40.5 Å². The highest BCUT2D eigenvalue weighted by Gasteiger charge is 2.18. The molecule has 0 radical (unpaired) electrons. The van der Waals surface area contributed by atoms with E-state index in [9.17, 15) is 13.2 Å². The van der Waals surface area contributed by atoms with E-state index < -0.39 is 10.0 Å². The van der Waals surface area contributed by atoms with Crippen molar-refractivity contribution in [2.75, 3.05) is 26.0 Å². The maximum atomic E-state index is 12.7. The minimum absolute atomic E-state index is 0.0264. The Balaban J connectivity index is 1.72. The van der Waals surface area contributed by atoms with Crippen molar-refractivity contribution in [2.24, 2.45) is 0 Å². The first-order chi connectivity index (χ1) is 14.3. The van der Waals surface area contributed by atoms with E-state index in [1.165, 1.54) is 49.5 Å². The third kappa shape index (κ3) is 4.74. The fourth-order valence-electron chi connectivity index (χ4n) is 2.81. The first-order valence-electron chi connectivity index (χ1n) is 8.97. The standard InChI is InChI=1S/C21H22N2O6S/c1-23(14-17-5-4-12-29-17)21(24)15-6-8-16(9-7-15)22-30(25,26)18-10-11-19(27-2)20(13-18)28-3/h4-13,22H,14H2,1-3H3. The lowest BCUT2D eigenvalue weighted by Crippen LogP contribution is -2.26. The first-order valence-corrected chi connectivity index (χ1v) is 10.4. The smallest absolute Gasteiger partial charge is 0.262 e. The summed E-state index contributed by atoms with van der Waals surface area (Å²) in [6.07, 6.45) is 1.55. The lowest BCUT2D eigenvalue weighted by molar-refractivity contribution is 0.0775. The molecule has 0 saturated carbocycles. The summed E-state index contributed by atoms with van der Waals surface area (Å²) in [5.74, 6) is 1.20. The number of hydrogen-bond donors (Lipinski definition) is 1. The van der Waals surface area contributed by atoms with E-state index in [1.807, 2.05) is 0 Å². The Bertz CT molecular complexity index is 1110. The number of benzene rings is 2. The molecule has 0 aliphatic heterocycles. The third-order valence-electron chi connectivity index (χ3n) is 4.37. The van der Waals surface area contributed by atoms with Crippen LogP contribution in [0.4, 0.5) is 5.69 Å². The van der Waals surface area contributed by atoms with Crippen molar-refractivity contribution in [2.45, 2.75) is 11.4 Å². The minimum Gasteiger partial charge on any atom is -0.493 e. The molecular formula is C21H22N2O6S. The molecule has 0 fully saturated rings. The van der Waals surface area contributed by atoms with Gasteiger partial charge in [-0.05, 0) is 48.5 Å². The summed E-state index contributed by atoms with van der Waals surface area (Å²) in [6, 6.07) is 14.1. The van der Waals surface area contributed by atoms with Crippen LogP contribution in [0.5, 0.6) is 11.5 Å². The molecule has 158 valence electrons. The summed E-state index contributed by atoms with van der Waals surface area (Å²) in [5, 5.41) is 0. The molecule has 0 aliphatic carbocycles. The van der Waals surface area contributed by atoms with Gasteiger partial charge in [-0.25, -0.2) is 8.42 Å². The largest absolute Gasteiger partial charge is 0.493 e. The molecule has 0 aliphatic rings. The van der Waals surface area contributed by atoms with Crippen LogP contribution in [0.1, 0.15) is 16.1 Å². The number of carbonyl (C=O) groups is 1. The second kappa shape index (κ2) is 8.91. The SMILES string of the molecule is COc1ccc(S(=O)(=O)Nc2ccc(C(=O)N(C)Cc3ccco3)cc2)cc1OC. The highest BCUT2D eigenvalue weighted by Crippen LogP contribution is 2.30. The molecule has 1 N–H and O–H groups in total. The molecular weight excluding hydrogens is 408 g/mol. The average molecular weight is 430 g/mol. The number of ether oxygens (including phenoxy) is 2. The van der Waals surface area contributed by atoms with Gasteiger partial charge in [-0.1, -0.05) is 0 Å². The Morgan fingerprint density at radius 2 is 1.73 bits per heavy atom. The van der Waals surface area contributed by atoms with E-state index in [2.05, 4.69) is 4.72 Å². The van der Waals surface area contributed by atoms with Crippen molar-refractivity contribution in [3.63, 3.8) is 0 Å². The van der Waals surface area contributed by atoms with Crippen molar-refractivity contribution < 1.29 is 27.1 Å². The zero-order chi connectivity index (χ0) is 21.7. The second-order valence-corrected chi connectivity index (χ2v) is 8.12. The van der Waals surface area contributed by atoms with Crippen LogP contribution in [0.2, 0.25) is 0 Å². The number of amides is 1. The number of carbonyl (C=O) groups excluding carboxylic acids is 1. The highest BCUT2D eigenvalue weighted by atomic mass is 32.2. The molecule has 0 unspecified atom stereocenters. The summed E-state index contributed by atoms with van der Waals surface area (Å²) < 4.78 is 43.4. The number of sulfonamides is 1. The van der Waals surface area contributed by atoms with E-state index >= 15 is 0 Å². The van der Waals surface area contributed by atoms with Gasteiger partial charge in [-0.3, -0.25) is 9.52 Å². The second-order valence-electron chi connectivity index (χ2n) is 6.44. The Kier molecular flexibility index (Phi) is 6.31. The molecule has 0 atom stereocenters. The monoisotopic (exact) mass is 430 g/mol. The van der Waals surface area contributed by atoms with E-state index in [-0.39, 0.29) is 10.8 Å². The molecule has 1 amide bonds. The Morgan fingerprint density at radius 1 is 1.03 bits per heavy atom. The van der Waals surface area contributed by atoms with Crippen LogP contribution in [-0.2, 0) is 16.6 Å². The van der Waals surface area contributed by atoms with Gasteiger partial charge in [0.25, 0.3) is 15.9 Å². The average Bonchev–Trinajstić information content (AvgIpc) is 3.26. The van der Waals surface area contributed by atoms with Crippen LogP contribution in [0.15, 0.2) is 70.2 Å². The molecule has 1 heterocycles. The zero-order valence-corrected chi connectivity index (χ0v) is 17.6. The predicted molar refractivity (Wildman–Crippen MR) is 111 cm³/mol. The van der Waals surface area contributed by atoms with Gasteiger partial charge in [0.1, 0.15) is 5.76 Å². The van der Waals surface area contributed by atoms with Gasteiger partial charge < -0.3 is 18.8 Å². The van der Waals surface area contributed by atoms with E-state index in [0.29, 0.717) is 35.1 Å². The molecule has 0 saturated heterocycles. The summed E-state index contributed by atoms with van der Waals surface area (Å²) >= 11 is 0. The van der Waals surface area contributed by atoms with Crippen molar-refractivity contribution in [1.82, 2.24) is 4.90 Å². The van der Waals surface area contributed by atoms with Gasteiger partial charge >= 0.3 is 0 Å². The number of rotatable bonds is 8. The van der Waals surface area contributed by atoms with Crippen LogP contribution in [0, 0.1) is 0 Å². The molecule has 3 aromatic rings. The maximum absolute atomic E-state index is 12.7. The molecule has 2 aromatic carbocycles. The maximum Gasteiger partial charge on any atom is 0.262 e. The number of anilines is 1. The summed E-state index contributed by atoms with van der Waals surface area (Å²) in [5.41, 5.74) is 0.758. The topological polar surface area (TPSA) is 98.1 Å². The number of nitrogens with zero attached hydrogens (tertiary/aromatic N) is 1. The van der Waals surface area contributed by atoms with Crippen LogP contribution >= 0.6 is 0 Å². The lowest BCUT2D eigenvalue weighted by atomic mass is 10.2. The van der Waals surface area contributed by atoms with E-state index in [0.717, 1.165) is 0 Å². The molecule has 30 heavy (non-hydrogen) atoms. The fraction of sp³-hybridized carbons (Fsp3) is 0.190. The predicted octanol–water partition coefficient (Wildman–Crippen LogP) is 3.37. The Labute approximate surface area is 175 Å². The van der Waals surface area contributed by atoms with Crippen molar-refractivity contribution in [3.05, 3.63) is 72.2 Å². The molecule has 9 heteroatoms. The highest BCUT2D eigenvalue weighted by molar-refractivity contribution is 7.92. The molecule has 3 rings (SSSR count). The zero-order valence-electron chi connectivity index (χ0n) is 16.8. The summed E-state index contributed by atoms with van der Waals surface area (Å²) in [4.78, 5) is 14.1. The summed E-state index contributed by atoms with van der Waals surface area (Å²) in [7, 11) is 0.720. The molecule has 1 aromatic heterocycles. The fourth-order valence-corrected chi connectivity index (χ4v) is 3.88. The Hall–Kier alpha value is -3.46. The van der Waals surface area contributed by atoms with Gasteiger partial charge in [0.05, 0.1) is 31.9 Å². The van der Waals surface area contributed by atoms with Crippen molar-refractivity contribution in [1.29, 1.82) is 0 Å². The molecule has 0 spiro atoms. The van der Waals surface area contributed by atoms with Crippen molar-refractivity contribution >= 4 is 21.6 Å². The lowest BCUT2D eigenvalue weighted by Gasteiger charge is -2.16. The Morgan fingerprint density at radius 3 is 2.33 bits per heavy atom. The van der Waals surface area contributed by atoms with Gasteiger partial charge in [-0.15, -0.1) is 0 Å². The number of methoxy groups -OCH3 is 2. The number of hydrogen-bond acceptors (Lipinski definition) is 6. The molecule has 0 bridgehead atoms. The quantitative estimate of drug-likeness (QED) is 0.588. The van der Waals surface area contributed by atoms with Gasteiger partial charge in [-0.2, -0.15) is 0 Å². The van der Waals surface area contributed by atoms with Crippen LogP contribution in [0.3, 0.4) is 0 Å².